The third kappa shape index (κ3) is 3.56. The lowest BCUT2D eigenvalue weighted by Gasteiger charge is -2.24. The Morgan fingerprint density at radius 1 is 1.43 bits per heavy atom. The van der Waals surface area contributed by atoms with E-state index >= 15 is 0 Å². The lowest BCUT2D eigenvalue weighted by atomic mass is 10.1. The molecule has 1 fully saturated rings. The molecule has 1 heterocycles. The van der Waals surface area contributed by atoms with E-state index in [1.165, 1.54) is 6.42 Å². The summed E-state index contributed by atoms with van der Waals surface area (Å²) in [6.45, 7) is 8.82. The van der Waals surface area contributed by atoms with E-state index in [-0.39, 0.29) is 0 Å². The first-order valence-electron chi connectivity index (χ1n) is 5.74. The zero-order chi connectivity index (χ0) is 10.4. The molecule has 0 aromatic heterocycles. The van der Waals surface area contributed by atoms with E-state index in [2.05, 4.69) is 19.2 Å². The highest BCUT2D eigenvalue weighted by Gasteiger charge is 2.28. The highest BCUT2D eigenvalue weighted by Crippen LogP contribution is 2.21. The van der Waals surface area contributed by atoms with Gasteiger partial charge in [0.15, 0.2) is 0 Å². The van der Waals surface area contributed by atoms with Crippen molar-refractivity contribution in [2.24, 2.45) is 0 Å². The van der Waals surface area contributed by atoms with Crippen LogP contribution in [-0.2, 0) is 9.47 Å². The third-order valence-electron chi connectivity index (χ3n) is 2.68. The molecule has 1 rings (SSSR count). The lowest BCUT2D eigenvalue weighted by molar-refractivity contribution is 0.00415. The fraction of sp³-hybridized carbons (Fsp3) is 1.00. The van der Waals surface area contributed by atoms with Crippen molar-refractivity contribution in [2.45, 2.75) is 51.9 Å². The fourth-order valence-electron chi connectivity index (χ4n) is 1.93. The molecule has 3 nitrogen and oxygen atoms in total. The number of rotatable bonds is 6. The van der Waals surface area contributed by atoms with Crippen molar-refractivity contribution >= 4 is 0 Å². The Bertz CT molecular complexity index is 152. The van der Waals surface area contributed by atoms with Crippen molar-refractivity contribution in [3.63, 3.8) is 0 Å². The van der Waals surface area contributed by atoms with Gasteiger partial charge < -0.3 is 14.8 Å². The van der Waals surface area contributed by atoms with Crippen LogP contribution in [0.15, 0.2) is 0 Å². The maximum Gasteiger partial charge on any atom is 0.0755 e. The van der Waals surface area contributed by atoms with Crippen LogP contribution < -0.4 is 5.32 Å². The summed E-state index contributed by atoms with van der Waals surface area (Å²) in [4.78, 5) is 0. The smallest absolute Gasteiger partial charge is 0.0755 e. The van der Waals surface area contributed by atoms with Gasteiger partial charge in [0.05, 0.1) is 24.9 Å². The van der Waals surface area contributed by atoms with Gasteiger partial charge in [0.1, 0.15) is 0 Å². The minimum atomic E-state index is 0.344. The molecule has 1 saturated heterocycles. The van der Waals surface area contributed by atoms with E-state index in [0.717, 1.165) is 26.2 Å². The maximum absolute atomic E-state index is 5.83. The molecule has 0 spiro atoms. The van der Waals surface area contributed by atoms with Gasteiger partial charge in [0.25, 0.3) is 0 Å². The van der Waals surface area contributed by atoms with Crippen LogP contribution >= 0.6 is 0 Å². The number of ether oxygens (including phenoxy) is 2. The summed E-state index contributed by atoms with van der Waals surface area (Å²) in [5.74, 6) is 0. The van der Waals surface area contributed by atoms with Gasteiger partial charge in [0.2, 0.25) is 0 Å². The van der Waals surface area contributed by atoms with E-state index in [9.17, 15) is 0 Å². The maximum atomic E-state index is 5.83. The summed E-state index contributed by atoms with van der Waals surface area (Å²) in [7, 11) is 0. The summed E-state index contributed by atoms with van der Waals surface area (Å²) in [5.41, 5.74) is 0. The van der Waals surface area contributed by atoms with E-state index < -0.39 is 0 Å². The van der Waals surface area contributed by atoms with Gasteiger partial charge in [-0.3, -0.25) is 0 Å². The average Bonchev–Trinajstić information content (AvgIpc) is 2.59. The number of hydrogen-bond acceptors (Lipinski definition) is 3. The fourth-order valence-corrected chi connectivity index (χ4v) is 1.93. The third-order valence-corrected chi connectivity index (χ3v) is 2.68. The molecular weight excluding hydrogens is 178 g/mol. The number of likely N-dealkylation sites (N-methyl/N-ethyl adjacent to an activating group) is 1. The molecule has 84 valence electrons. The molecule has 3 unspecified atom stereocenters. The van der Waals surface area contributed by atoms with E-state index in [1.54, 1.807) is 0 Å². The quantitative estimate of drug-likeness (QED) is 0.707. The predicted octanol–water partition coefficient (Wildman–Crippen LogP) is 1.57. The first-order chi connectivity index (χ1) is 6.77. The van der Waals surface area contributed by atoms with Gasteiger partial charge in [-0.05, 0) is 33.2 Å². The van der Waals surface area contributed by atoms with Gasteiger partial charge >= 0.3 is 0 Å². The summed E-state index contributed by atoms with van der Waals surface area (Å²) >= 11 is 0. The molecule has 0 radical (unpaired) electrons. The molecule has 1 N–H and O–H groups in total. The standard InChI is InChI=1S/C11H23NO2/c1-4-12-10(8-13-5-2)11-7-6-9(3)14-11/h9-12H,4-8H2,1-3H3. The minimum Gasteiger partial charge on any atom is -0.380 e. The molecular formula is C11H23NO2. The van der Waals surface area contributed by atoms with Crippen LogP contribution in [0, 0.1) is 0 Å². The topological polar surface area (TPSA) is 30.5 Å². The summed E-state index contributed by atoms with van der Waals surface area (Å²) in [6.07, 6.45) is 3.10. The van der Waals surface area contributed by atoms with Crippen molar-refractivity contribution < 1.29 is 9.47 Å². The van der Waals surface area contributed by atoms with Crippen LogP contribution in [0.1, 0.15) is 33.6 Å². The molecule has 0 aromatic carbocycles. The molecule has 0 bridgehead atoms. The van der Waals surface area contributed by atoms with Crippen LogP contribution in [-0.4, -0.2) is 38.0 Å². The Balaban J connectivity index is 2.33. The van der Waals surface area contributed by atoms with E-state index in [1.807, 2.05) is 6.92 Å². The zero-order valence-electron chi connectivity index (χ0n) is 9.58. The zero-order valence-corrected chi connectivity index (χ0v) is 9.58. The number of nitrogens with one attached hydrogen (secondary N) is 1. The second-order valence-corrected chi connectivity index (χ2v) is 3.89. The van der Waals surface area contributed by atoms with Crippen LogP contribution in [0.5, 0.6) is 0 Å². The summed E-state index contributed by atoms with van der Waals surface area (Å²) < 4.78 is 11.3. The molecule has 14 heavy (non-hydrogen) atoms. The summed E-state index contributed by atoms with van der Waals surface area (Å²) in [5, 5.41) is 3.43. The highest BCUT2D eigenvalue weighted by molar-refractivity contribution is 4.82. The SMILES string of the molecule is CCNC(COCC)C1CCC(C)O1. The van der Waals surface area contributed by atoms with Crippen molar-refractivity contribution in [1.82, 2.24) is 5.32 Å². The Morgan fingerprint density at radius 2 is 2.21 bits per heavy atom. The Kier molecular flexibility index (Phi) is 5.45. The van der Waals surface area contributed by atoms with Crippen molar-refractivity contribution in [1.29, 1.82) is 0 Å². The van der Waals surface area contributed by atoms with Crippen LogP contribution in [0.2, 0.25) is 0 Å². The van der Waals surface area contributed by atoms with E-state index in [4.69, 9.17) is 9.47 Å². The van der Waals surface area contributed by atoms with Crippen molar-refractivity contribution in [3.8, 4) is 0 Å². The number of hydrogen-bond donors (Lipinski definition) is 1. The van der Waals surface area contributed by atoms with Crippen molar-refractivity contribution in [3.05, 3.63) is 0 Å². The summed E-state index contributed by atoms with van der Waals surface area (Å²) in [6, 6.07) is 0.366. The Labute approximate surface area is 87.2 Å². The van der Waals surface area contributed by atoms with Crippen LogP contribution in [0.3, 0.4) is 0 Å². The van der Waals surface area contributed by atoms with Gasteiger partial charge in [-0.2, -0.15) is 0 Å². The van der Waals surface area contributed by atoms with Crippen molar-refractivity contribution in [2.75, 3.05) is 19.8 Å². The van der Waals surface area contributed by atoms with Gasteiger partial charge in [-0.25, -0.2) is 0 Å². The lowest BCUT2D eigenvalue weighted by Crippen LogP contribution is -2.43. The first-order valence-corrected chi connectivity index (χ1v) is 5.74. The molecule has 0 saturated carbocycles. The Morgan fingerprint density at radius 3 is 2.71 bits per heavy atom. The van der Waals surface area contributed by atoms with Crippen LogP contribution in [0.25, 0.3) is 0 Å². The second kappa shape index (κ2) is 6.38. The second-order valence-electron chi connectivity index (χ2n) is 3.89. The molecule has 0 amide bonds. The molecule has 1 aliphatic rings. The average molecular weight is 201 g/mol. The van der Waals surface area contributed by atoms with Crippen LogP contribution in [0.4, 0.5) is 0 Å². The van der Waals surface area contributed by atoms with Gasteiger partial charge in [0, 0.05) is 6.61 Å². The molecule has 1 aliphatic heterocycles. The molecule has 0 aliphatic carbocycles. The monoisotopic (exact) mass is 201 g/mol. The van der Waals surface area contributed by atoms with Gasteiger partial charge in [-0.15, -0.1) is 0 Å². The van der Waals surface area contributed by atoms with E-state index in [0.29, 0.717) is 18.2 Å². The molecule has 0 aromatic rings. The predicted molar refractivity (Wildman–Crippen MR) is 57.5 cm³/mol. The Hall–Kier alpha value is -0.120. The first kappa shape index (κ1) is 12.0. The normalized spacial score (nSPS) is 29.4. The molecule has 3 atom stereocenters. The molecule has 3 heteroatoms. The highest BCUT2D eigenvalue weighted by atomic mass is 16.5. The largest absolute Gasteiger partial charge is 0.380 e. The van der Waals surface area contributed by atoms with Gasteiger partial charge in [-0.1, -0.05) is 6.92 Å². The minimum absolute atomic E-state index is 0.344.